The molecule has 4 aromatic rings. The summed E-state index contributed by atoms with van der Waals surface area (Å²) in [5.41, 5.74) is 1.35. The highest BCUT2D eigenvalue weighted by atomic mass is 35.5. The molecule has 2 aliphatic heterocycles. The van der Waals surface area contributed by atoms with E-state index in [0.29, 0.717) is 34.9 Å². The number of hydrogen-bond acceptors (Lipinski definition) is 6. The molecule has 12 heteroatoms. The zero-order valence-electron chi connectivity index (χ0n) is 23.6. The summed E-state index contributed by atoms with van der Waals surface area (Å²) >= 11 is 4.85. The highest BCUT2D eigenvalue weighted by molar-refractivity contribution is 6.20. The van der Waals surface area contributed by atoms with Crippen LogP contribution in [0.4, 0.5) is 14.5 Å². The first-order chi connectivity index (χ1) is 20.5. The minimum absolute atomic E-state index is 0.00143. The van der Waals surface area contributed by atoms with Gasteiger partial charge in [-0.25, -0.2) is 4.98 Å². The minimum Gasteiger partial charge on any atom is -0.420 e. The molecule has 1 saturated carbocycles. The van der Waals surface area contributed by atoms with Crippen molar-refractivity contribution < 1.29 is 23.1 Å². The lowest BCUT2D eigenvalue weighted by atomic mass is 9.99. The lowest BCUT2D eigenvalue weighted by molar-refractivity contribution is -0.0964. The summed E-state index contributed by atoms with van der Waals surface area (Å²) in [5, 5.41) is 2.82. The molecule has 222 valence electrons. The van der Waals surface area contributed by atoms with Crippen LogP contribution < -0.4 is 10.1 Å². The molecule has 4 heterocycles. The second kappa shape index (κ2) is 10.3. The lowest BCUT2D eigenvalue weighted by Gasteiger charge is -2.20. The van der Waals surface area contributed by atoms with E-state index in [-0.39, 0.29) is 17.7 Å². The molecular weight excluding hydrogens is 578 g/mol. The number of carbonyl (C=O) groups excluding carboxylic acids is 2. The third-order valence-electron chi connectivity index (χ3n) is 8.28. The van der Waals surface area contributed by atoms with E-state index in [1.165, 1.54) is 24.3 Å². The Labute approximate surface area is 251 Å². The summed E-state index contributed by atoms with van der Waals surface area (Å²) in [7, 11) is 2.09. The van der Waals surface area contributed by atoms with Gasteiger partial charge in [-0.15, -0.1) is 8.78 Å². The van der Waals surface area contributed by atoms with E-state index in [1.807, 2.05) is 11.0 Å². The number of ether oxygens (including phenoxy) is 1. The summed E-state index contributed by atoms with van der Waals surface area (Å²) in [6, 6.07) is 11.4. The van der Waals surface area contributed by atoms with E-state index < -0.39 is 11.5 Å². The van der Waals surface area contributed by atoms with E-state index in [9.17, 15) is 18.4 Å². The second-order valence-corrected chi connectivity index (χ2v) is 12.0. The number of rotatable bonds is 6. The van der Waals surface area contributed by atoms with Gasteiger partial charge in [0, 0.05) is 71.8 Å². The number of benzene rings is 2. The number of imidazole rings is 1. The number of alkyl halides is 3. The van der Waals surface area contributed by atoms with Crippen LogP contribution in [0.25, 0.3) is 22.2 Å². The molecule has 2 aromatic heterocycles. The van der Waals surface area contributed by atoms with Crippen molar-refractivity contribution in [2.75, 3.05) is 25.5 Å². The molecule has 0 bridgehead atoms. The number of halogens is 3. The Balaban J connectivity index is 1.29. The Kier molecular flexibility index (Phi) is 6.62. The van der Waals surface area contributed by atoms with Gasteiger partial charge in [0.05, 0.1) is 28.8 Å². The van der Waals surface area contributed by atoms with E-state index >= 15 is 0 Å². The molecule has 0 saturated heterocycles. The van der Waals surface area contributed by atoms with Crippen LogP contribution in [0, 0.1) is 0 Å². The van der Waals surface area contributed by atoms with Gasteiger partial charge in [0.2, 0.25) is 0 Å². The van der Waals surface area contributed by atoms with Crippen LogP contribution in [0.15, 0.2) is 48.7 Å². The number of hydrogen-bond donors (Lipinski definition) is 1. The smallest absolute Gasteiger partial charge is 0.420 e. The Morgan fingerprint density at radius 2 is 1.91 bits per heavy atom. The maximum atomic E-state index is 13.5. The fourth-order valence-corrected chi connectivity index (χ4v) is 6.25. The number of amides is 2. The predicted molar refractivity (Wildman–Crippen MR) is 158 cm³/mol. The van der Waals surface area contributed by atoms with Crippen molar-refractivity contribution in [2.45, 2.75) is 50.4 Å². The highest BCUT2D eigenvalue weighted by Gasteiger charge is 2.39. The molecule has 1 N–H and O–H groups in total. The van der Waals surface area contributed by atoms with Crippen molar-refractivity contribution in [2.24, 2.45) is 0 Å². The molecule has 1 atom stereocenters. The zero-order chi connectivity index (χ0) is 30.0. The van der Waals surface area contributed by atoms with Crippen LogP contribution in [0.3, 0.4) is 0 Å². The Morgan fingerprint density at radius 3 is 2.63 bits per heavy atom. The number of aromatic nitrogens is 3. The van der Waals surface area contributed by atoms with Crippen molar-refractivity contribution in [3.05, 3.63) is 71.3 Å². The third-order valence-corrected chi connectivity index (χ3v) is 8.36. The Hall–Kier alpha value is -4.09. The van der Waals surface area contributed by atoms with Gasteiger partial charge in [-0.05, 0) is 69.3 Å². The van der Waals surface area contributed by atoms with Crippen LogP contribution in [0.2, 0.25) is 0 Å². The van der Waals surface area contributed by atoms with Crippen LogP contribution in [0.5, 0.6) is 5.75 Å². The average molecular weight is 607 g/mol. The first kappa shape index (κ1) is 27.7. The molecular formula is C31H29ClF2N6O3. The zero-order valence-corrected chi connectivity index (χ0v) is 24.4. The Morgan fingerprint density at radius 1 is 1.14 bits per heavy atom. The number of nitrogens with one attached hydrogen (secondary N) is 1. The SMILES string of the molecule is C[C@@H]1CN(C)CCc2nc3cc(C(=O)Nc4ccc(OC(F)(F)Cl)cc4)cc(-c4cnc5c(c4)C(=O)N(C4CC4)C5)c3n21. The topological polar surface area (TPSA) is 92.6 Å². The van der Waals surface area contributed by atoms with Crippen molar-refractivity contribution in [3.8, 4) is 16.9 Å². The normalized spacial score (nSPS) is 18.9. The molecule has 0 unspecified atom stereocenters. The lowest BCUT2D eigenvalue weighted by Crippen LogP contribution is -2.25. The van der Waals surface area contributed by atoms with Gasteiger partial charge >= 0.3 is 5.57 Å². The van der Waals surface area contributed by atoms with Gasteiger partial charge in [0.15, 0.2) is 0 Å². The fourth-order valence-electron chi connectivity index (χ4n) is 6.16. The van der Waals surface area contributed by atoms with E-state index in [2.05, 4.69) is 33.5 Å². The first-order valence-electron chi connectivity index (χ1n) is 14.2. The highest BCUT2D eigenvalue weighted by Crippen LogP contribution is 2.38. The maximum Gasteiger partial charge on any atom is 0.487 e. The summed E-state index contributed by atoms with van der Waals surface area (Å²) in [6.45, 7) is 4.38. The van der Waals surface area contributed by atoms with Crippen molar-refractivity contribution in [1.29, 1.82) is 0 Å². The summed E-state index contributed by atoms with van der Waals surface area (Å²) in [5.74, 6) is 0.390. The standard InChI is InChI=1S/C31H29ClF2N6O3/c1-17-15-38(2)10-9-27-37-25-13-18(29(41)36-20-3-7-22(8-4-20)43-31(32,33)34)11-23(28(25)40(17)27)19-12-24-26(35-14-19)16-39(30(24)42)21-5-6-21/h3-4,7-8,11-14,17,21H,5-6,9-10,15-16H2,1-2H3,(H,36,41)/t17-/m1/s1. The number of pyridine rings is 1. The fraction of sp³-hybridized carbons (Fsp3) is 0.355. The third kappa shape index (κ3) is 5.31. The molecule has 0 radical (unpaired) electrons. The van der Waals surface area contributed by atoms with Crippen LogP contribution in [-0.2, 0) is 13.0 Å². The number of carbonyl (C=O) groups is 2. The van der Waals surface area contributed by atoms with Crippen LogP contribution >= 0.6 is 11.6 Å². The predicted octanol–water partition coefficient (Wildman–Crippen LogP) is 5.69. The van der Waals surface area contributed by atoms with Crippen molar-refractivity contribution in [1.82, 2.24) is 24.3 Å². The number of anilines is 1. The number of likely N-dealkylation sites (N-methyl/N-ethyl adjacent to an activating group) is 1. The molecule has 0 spiro atoms. The monoisotopic (exact) mass is 606 g/mol. The van der Waals surface area contributed by atoms with Gasteiger partial charge < -0.3 is 24.4 Å². The van der Waals surface area contributed by atoms with Gasteiger partial charge in [0.1, 0.15) is 11.6 Å². The molecule has 1 fully saturated rings. The number of nitrogens with zero attached hydrogens (tertiary/aromatic N) is 5. The van der Waals surface area contributed by atoms with Crippen LogP contribution in [-0.4, -0.2) is 67.9 Å². The summed E-state index contributed by atoms with van der Waals surface area (Å²) in [4.78, 5) is 40.6. The van der Waals surface area contributed by atoms with Crippen LogP contribution in [0.1, 0.15) is 58.0 Å². The summed E-state index contributed by atoms with van der Waals surface area (Å²) < 4.78 is 32.6. The van der Waals surface area contributed by atoms with Gasteiger partial charge in [-0.1, -0.05) is 0 Å². The molecule has 2 aromatic carbocycles. The minimum atomic E-state index is -3.83. The number of fused-ring (bicyclic) bond motifs is 4. The Bertz CT molecular complexity index is 1770. The largest absolute Gasteiger partial charge is 0.487 e. The van der Waals surface area contributed by atoms with Crippen molar-refractivity contribution >= 4 is 40.1 Å². The molecule has 43 heavy (non-hydrogen) atoms. The van der Waals surface area contributed by atoms with E-state index in [0.717, 1.165) is 60.5 Å². The molecule has 1 aliphatic carbocycles. The molecule has 7 rings (SSSR count). The van der Waals surface area contributed by atoms with Gasteiger partial charge in [-0.3, -0.25) is 14.6 Å². The summed E-state index contributed by atoms with van der Waals surface area (Å²) in [6.07, 6.45) is 4.57. The molecule has 2 amide bonds. The maximum absolute atomic E-state index is 13.5. The molecule has 3 aliphatic rings. The first-order valence-corrected chi connectivity index (χ1v) is 14.6. The van der Waals surface area contributed by atoms with Gasteiger partial charge in [-0.2, -0.15) is 0 Å². The molecule has 9 nitrogen and oxygen atoms in total. The van der Waals surface area contributed by atoms with E-state index in [4.69, 9.17) is 21.6 Å². The second-order valence-electron chi connectivity index (χ2n) is 11.6. The van der Waals surface area contributed by atoms with E-state index in [1.54, 1.807) is 18.3 Å². The average Bonchev–Trinajstić information content (AvgIpc) is 3.68. The van der Waals surface area contributed by atoms with Gasteiger partial charge in [0.25, 0.3) is 11.8 Å². The quantitative estimate of drug-likeness (QED) is 0.284. The van der Waals surface area contributed by atoms with Crippen molar-refractivity contribution in [3.63, 3.8) is 0 Å².